The van der Waals surface area contributed by atoms with Gasteiger partial charge < -0.3 is 30.1 Å². The molecule has 0 aliphatic carbocycles. The fraction of sp³-hybridized carbons (Fsp3) is 0.412. The predicted molar refractivity (Wildman–Crippen MR) is 161 cm³/mol. The van der Waals surface area contributed by atoms with Crippen LogP contribution in [0.3, 0.4) is 0 Å². The quantitative estimate of drug-likeness (QED) is 0.263. The Morgan fingerprint density at radius 2 is 1.67 bits per heavy atom. The summed E-state index contributed by atoms with van der Waals surface area (Å²) in [7, 11) is 0. The summed E-state index contributed by atoms with van der Waals surface area (Å²) in [5, 5.41) is 31.2. The van der Waals surface area contributed by atoms with Crippen molar-refractivity contribution in [1.29, 1.82) is 0 Å². The summed E-state index contributed by atoms with van der Waals surface area (Å²) in [6.45, 7) is 4.60. The Morgan fingerprint density at radius 1 is 0.953 bits per heavy atom. The second kappa shape index (κ2) is 14.2. The zero-order valence-electron chi connectivity index (χ0n) is 24.4. The minimum atomic E-state index is -0.997. The van der Waals surface area contributed by atoms with Gasteiger partial charge in [-0.3, -0.25) is 14.5 Å². The molecule has 2 heterocycles. The van der Waals surface area contributed by atoms with E-state index in [1.807, 2.05) is 72.8 Å². The minimum absolute atomic E-state index is 0.0143. The molecule has 228 valence electrons. The van der Waals surface area contributed by atoms with Crippen molar-refractivity contribution in [3.63, 3.8) is 0 Å². The van der Waals surface area contributed by atoms with Gasteiger partial charge in [0, 0.05) is 44.1 Å². The number of amides is 1. The van der Waals surface area contributed by atoms with Crippen molar-refractivity contribution >= 4 is 11.9 Å². The predicted octanol–water partition coefficient (Wildman–Crippen LogP) is 4.18. The van der Waals surface area contributed by atoms with Crippen molar-refractivity contribution in [1.82, 2.24) is 10.2 Å². The highest BCUT2D eigenvalue weighted by atomic mass is 16.7. The van der Waals surface area contributed by atoms with Gasteiger partial charge in [0.1, 0.15) is 0 Å². The number of aliphatic hydroxyl groups is 2. The van der Waals surface area contributed by atoms with Crippen LogP contribution in [0.5, 0.6) is 0 Å². The van der Waals surface area contributed by atoms with Gasteiger partial charge >= 0.3 is 5.97 Å². The first-order valence-electron chi connectivity index (χ1n) is 14.9. The van der Waals surface area contributed by atoms with Crippen molar-refractivity contribution < 1.29 is 34.4 Å². The molecule has 9 heteroatoms. The SMILES string of the molecule is C[C@@H]1[C@H](CN2CC[C@H](O)C2)O[C@H](c2ccc(-c3ccccc3CNC(=O)CCC(=O)O)cc2)O[C@@H]1c1ccc(CO)cc1. The molecule has 0 unspecified atom stereocenters. The number of aliphatic hydroxyl groups excluding tert-OH is 2. The van der Waals surface area contributed by atoms with Gasteiger partial charge in [-0.05, 0) is 34.2 Å². The number of benzene rings is 3. The maximum atomic E-state index is 12.1. The maximum Gasteiger partial charge on any atom is 0.303 e. The van der Waals surface area contributed by atoms with E-state index in [0.29, 0.717) is 19.6 Å². The second-order valence-electron chi connectivity index (χ2n) is 11.5. The largest absolute Gasteiger partial charge is 0.481 e. The molecule has 43 heavy (non-hydrogen) atoms. The molecule has 0 saturated carbocycles. The Morgan fingerprint density at radius 3 is 2.35 bits per heavy atom. The average molecular weight is 589 g/mol. The molecule has 2 saturated heterocycles. The number of likely N-dealkylation sites (tertiary alicyclic amines) is 1. The molecule has 5 rings (SSSR count). The van der Waals surface area contributed by atoms with Gasteiger partial charge in [0.2, 0.25) is 5.91 Å². The number of rotatable bonds is 11. The van der Waals surface area contributed by atoms with Crippen LogP contribution in [0.2, 0.25) is 0 Å². The number of carbonyl (C=O) groups is 2. The Kier molecular flexibility index (Phi) is 10.2. The highest BCUT2D eigenvalue weighted by molar-refractivity contribution is 5.80. The lowest BCUT2D eigenvalue weighted by molar-refractivity contribution is -0.276. The summed E-state index contributed by atoms with van der Waals surface area (Å²) < 4.78 is 13.2. The smallest absolute Gasteiger partial charge is 0.303 e. The number of nitrogens with one attached hydrogen (secondary N) is 1. The van der Waals surface area contributed by atoms with E-state index in [-0.39, 0.29) is 49.6 Å². The third kappa shape index (κ3) is 7.87. The molecule has 0 bridgehead atoms. The highest BCUT2D eigenvalue weighted by Gasteiger charge is 2.39. The van der Waals surface area contributed by atoms with Crippen molar-refractivity contribution in [2.24, 2.45) is 5.92 Å². The fourth-order valence-electron chi connectivity index (χ4n) is 5.84. The number of nitrogens with zero attached hydrogens (tertiary/aromatic N) is 1. The van der Waals surface area contributed by atoms with Crippen LogP contribution < -0.4 is 5.32 Å². The lowest BCUT2D eigenvalue weighted by Gasteiger charge is -2.42. The maximum absolute atomic E-state index is 12.1. The van der Waals surface area contributed by atoms with Crippen LogP contribution in [0, 0.1) is 5.92 Å². The molecule has 3 aromatic rings. The van der Waals surface area contributed by atoms with E-state index >= 15 is 0 Å². The van der Waals surface area contributed by atoms with Crippen LogP contribution in [-0.2, 0) is 32.2 Å². The first-order valence-corrected chi connectivity index (χ1v) is 14.9. The van der Waals surface area contributed by atoms with E-state index < -0.39 is 12.3 Å². The Balaban J connectivity index is 1.34. The third-order valence-electron chi connectivity index (χ3n) is 8.36. The highest BCUT2D eigenvalue weighted by Crippen LogP contribution is 2.42. The van der Waals surface area contributed by atoms with Gasteiger partial charge in [0.25, 0.3) is 0 Å². The lowest BCUT2D eigenvalue weighted by atomic mass is 9.90. The Labute approximate surface area is 252 Å². The van der Waals surface area contributed by atoms with Crippen molar-refractivity contribution in [2.45, 2.75) is 63.9 Å². The van der Waals surface area contributed by atoms with Crippen molar-refractivity contribution in [2.75, 3.05) is 19.6 Å². The average Bonchev–Trinajstić information content (AvgIpc) is 3.44. The zero-order chi connectivity index (χ0) is 30.3. The lowest BCUT2D eigenvalue weighted by Crippen LogP contribution is -2.44. The van der Waals surface area contributed by atoms with E-state index in [4.69, 9.17) is 14.6 Å². The standard InChI is InChI=1S/C34H40N2O7/c1-22-30(20-36-17-16-28(38)19-36)42-34(43-33(22)25-8-6-23(21-37)7-9-25)26-12-10-24(11-13-26)29-5-3-2-4-27(29)18-35-31(39)14-15-32(40)41/h2-13,22,28,30,33-34,37-38H,14-21H2,1H3,(H,35,39)(H,40,41)/t22-,28+,30+,33+,34+/m1/s1. The molecular weight excluding hydrogens is 548 g/mol. The molecule has 1 amide bonds. The normalized spacial score (nSPS) is 24.1. The second-order valence-corrected chi connectivity index (χ2v) is 11.5. The molecule has 4 N–H and O–H groups in total. The molecule has 2 aliphatic rings. The van der Waals surface area contributed by atoms with Gasteiger partial charge in [-0.15, -0.1) is 0 Å². The van der Waals surface area contributed by atoms with E-state index in [2.05, 4.69) is 17.1 Å². The molecule has 0 spiro atoms. The number of carboxylic acids is 1. The van der Waals surface area contributed by atoms with Crippen LogP contribution in [0.25, 0.3) is 11.1 Å². The fourth-order valence-corrected chi connectivity index (χ4v) is 5.84. The summed E-state index contributed by atoms with van der Waals surface area (Å²) in [4.78, 5) is 25.1. The number of aliphatic carboxylic acids is 1. The number of β-amino-alcohol motifs (C(OH)–C–C–N with tert-alkyl or cyclic N) is 1. The van der Waals surface area contributed by atoms with Crippen LogP contribution in [0.4, 0.5) is 0 Å². The van der Waals surface area contributed by atoms with Gasteiger partial charge in [-0.2, -0.15) is 0 Å². The Bertz CT molecular complexity index is 1380. The first kappa shape index (κ1) is 30.8. The monoisotopic (exact) mass is 588 g/mol. The van der Waals surface area contributed by atoms with E-state index in [9.17, 15) is 19.8 Å². The molecule has 2 aliphatic heterocycles. The molecule has 2 fully saturated rings. The molecule has 3 aromatic carbocycles. The molecule has 0 aromatic heterocycles. The van der Waals surface area contributed by atoms with Crippen LogP contribution in [0.1, 0.15) is 60.8 Å². The van der Waals surface area contributed by atoms with E-state index in [1.54, 1.807) is 0 Å². The Hall–Kier alpha value is -3.60. The van der Waals surface area contributed by atoms with Crippen molar-refractivity contribution in [3.05, 3.63) is 95.1 Å². The van der Waals surface area contributed by atoms with Crippen molar-refractivity contribution in [3.8, 4) is 11.1 Å². The molecule has 0 radical (unpaired) electrons. The summed E-state index contributed by atoms with van der Waals surface area (Å²) in [6.07, 6.45) is -0.712. The number of carbonyl (C=O) groups excluding carboxylic acids is 1. The third-order valence-corrected chi connectivity index (χ3v) is 8.36. The minimum Gasteiger partial charge on any atom is -0.481 e. The summed E-state index contributed by atoms with van der Waals surface area (Å²) in [5.74, 6) is -1.24. The molecular formula is C34H40N2O7. The van der Waals surface area contributed by atoms with Gasteiger partial charge in [0.05, 0.1) is 31.3 Å². The number of hydrogen-bond acceptors (Lipinski definition) is 7. The topological polar surface area (TPSA) is 129 Å². The summed E-state index contributed by atoms with van der Waals surface area (Å²) >= 11 is 0. The molecule has 5 atom stereocenters. The molecule has 9 nitrogen and oxygen atoms in total. The van der Waals surface area contributed by atoms with Gasteiger partial charge in [-0.1, -0.05) is 79.7 Å². The van der Waals surface area contributed by atoms with Crippen LogP contribution in [0.15, 0.2) is 72.8 Å². The van der Waals surface area contributed by atoms with E-state index in [1.165, 1.54) is 0 Å². The van der Waals surface area contributed by atoms with E-state index in [0.717, 1.165) is 46.3 Å². The van der Waals surface area contributed by atoms with Crippen LogP contribution >= 0.6 is 0 Å². The number of hydrogen-bond donors (Lipinski definition) is 4. The number of carboxylic acid groups (broad SMARTS) is 1. The number of ether oxygens (including phenoxy) is 2. The van der Waals surface area contributed by atoms with Gasteiger partial charge in [-0.25, -0.2) is 0 Å². The zero-order valence-corrected chi connectivity index (χ0v) is 24.4. The summed E-state index contributed by atoms with van der Waals surface area (Å²) in [5.41, 5.74) is 5.63. The summed E-state index contributed by atoms with van der Waals surface area (Å²) in [6, 6.07) is 23.7. The van der Waals surface area contributed by atoms with Crippen LogP contribution in [-0.4, -0.2) is 63.9 Å². The first-order chi connectivity index (χ1) is 20.8. The van der Waals surface area contributed by atoms with Gasteiger partial charge in [0.15, 0.2) is 6.29 Å².